The molecule has 6 heteroatoms. The Balaban J connectivity index is 1.60. The van der Waals surface area contributed by atoms with E-state index < -0.39 is 0 Å². The van der Waals surface area contributed by atoms with E-state index in [1.807, 2.05) is 41.1 Å². The molecule has 24 heavy (non-hydrogen) atoms. The van der Waals surface area contributed by atoms with E-state index in [4.69, 9.17) is 4.74 Å². The third-order valence-corrected chi connectivity index (χ3v) is 4.51. The normalized spacial score (nSPS) is 21.4. The van der Waals surface area contributed by atoms with E-state index in [-0.39, 0.29) is 12.1 Å². The molecule has 0 saturated carbocycles. The van der Waals surface area contributed by atoms with Crippen molar-refractivity contribution in [1.82, 2.24) is 19.3 Å². The van der Waals surface area contributed by atoms with E-state index in [0.29, 0.717) is 18.9 Å². The first-order valence-electron chi connectivity index (χ1n) is 8.07. The Morgan fingerprint density at radius 1 is 1.33 bits per heavy atom. The van der Waals surface area contributed by atoms with Gasteiger partial charge in [0, 0.05) is 37.7 Å². The molecule has 3 aromatic rings. The van der Waals surface area contributed by atoms with Crippen molar-refractivity contribution in [2.45, 2.75) is 25.1 Å². The fourth-order valence-corrected chi connectivity index (χ4v) is 3.41. The van der Waals surface area contributed by atoms with Crippen molar-refractivity contribution in [3.63, 3.8) is 0 Å². The molecule has 1 aliphatic rings. The van der Waals surface area contributed by atoms with Gasteiger partial charge in [-0.1, -0.05) is 12.1 Å². The highest BCUT2D eigenvalue weighted by atomic mass is 16.5. The van der Waals surface area contributed by atoms with Gasteiger partial charge in [-0.15, -0.1) is 0 Å². The van der Waals surface area contributed by atoms with Crippen LogP contribution in [0.2, 0.25) is 0 Å². The van der Waals surface area contributed by atoms with Crippen molar-refractivity contribution in [3.8, 4) is 5.75 Å². The number of aromatic nitrogens is 3. The minimum Gasteiger partial charge on any atom is -0.497 e. The number of nitrogens with zero attached hydrogens (tertiary/aromatic N) is 4. The number of imidazole rings is 1. The van der Waals surface area contributed by atoms with Gasteiger partial charge in [0.05, 0.1) is 18.9 Å². The largest absolute Gasteiger partial charge is 0.497 e. The first-order valence-corrected chi connectivity index (χ1v) is 8.07. The molecule has 0 aliphatic carbocycles. The van der Waals surface area contributed by atoms with Crippen LogP contribution in [0.5, 0.6) is 5.75 Å². The van der Waals surface area contributed by atoms with Gasteiger partial charge in [0.25, 0.3) is 0 Å². The molecule has 0 spiro atoms. The van der Waals surface area contributed by atoms with Gasteiger partial charge < -0.3 is 9.84 Å². The van der Waals surface area contributed by atoms with Gasteiger partial charge in [0.15, 0.2) is 0 Å². The quantitative estimate of drug-likeness (QED) is 0.796. The molecular weight excluding hydrogens is 304 g/mol. The molecule has 0 radical (unpaired) electrons. The van der Waals surface area contributed by atoms with Crippen LogP contribution in [-0.4, -0.2) is 44.1 Å². The fraction of sp³-hybridized carbons (Fsp3) is 0.333. The molecule has 3 heterocycles. The summed E-state index contributed by atoms with van der Waals surface area (Å²) in [6.07, 6.45) is 6.08. The van der Waals surface area contributed by atoms with E-state index in [0.717, 1.165) is 23.4 Å². The Hall–Kier alpha value is -2.44. The van der Waals surface area contributed by atoms with Crippen molar-refractivity contribution in [2.75, 3.05) is 13.7 Å². The number of rotatable bonds is 4. The van der Waals surface area contributed by atoms with E-state index >= 15 is 0 Å². The number of likely N-dealkylation sites (tertiary alicyclic amines) is 1. The summed E-state index contributed by atoms with van der Waals surface area (Å²) in [7, 11) is 1.67. The molecule has 124 valence electrons. The van der Waals surface area contributed by atoms with Crippen LogP contribution in [0.25, 0.3) is 5.78 Å². The number of aliphatic hydroxyl groups is 1. The van der Waals surface area contributed by atoms with Gasteiger partial charge >= 0.3 is 0 Å². The van der Waals surface area contributed by atoms with Gasteiger partial charge in [-0.05, 0) is 30.2 Å². The molecule has 1 fully saturated rings. The Morgan fingerprint density at radius 2 is 2.25 bits per heavy atom. The summed E-state index contributed by atoms with van der Waals surface area (Å²) in [5, 5.41) is 10.2. The third kappa shape index (κ3) is 2.86. The maximum atomic E-state index is 10.2. The molecule has 2 aromatic heterocycles. The van der Waals surface area contributed by atoms with Crippen molar-refractivity contribution in [1.29, 1.82) is 0 Å². The molecule has 2 atom stereocenters. The van der Waals surface area contributed by atoms with Crippen LogP contribution < -0.4 is 4.74 Å². The zero-order valence-corrected chi connectivity index (χ0v) is 13.5. The standard InChI is InChI=1S/C18H20N4O2/c1-24-16-5-2-4-13(8-16)17-9-15(23)12-22(17)11-14-10-21-7-3-6-19-18(21)20-14/h2-8,10,15,17,23H,9,11-12H2,1H3. The monoisotopic (exact) mass is 324 g/mol. The number of fused-ring (bicyclic) bond motifs is 1. The van der Waals surface area contributed by atoms with Crippen LogP contribution in [0.4, 0.5) is 0 Å². The molecule has 4 rings (SSSR count). The zero-order valence-electron chi connectivity index (χ0n) is 13.5. The van der Waals surface area contributed by atoms with Gasteiger partial charge in [0.1, 0.15) is 5.75 Å². The number of ether oxygens (including phenoxy) is 1. The molecule has 1 aliphatic heterocycles. The van der Waals surface area contributed by atoms with E-state index in [1.165, 1.54) is 0 Å². The summed E-state index contributed by atoms with van der Waals surface area (Å²) < 4.78 is 7.25. The predicted molar refractivity (Wildman–Crippen MR) is 89.8 cm³/mol. The van der Waals surface area contributed by atoms with Crippen LogP contribution in [0, 0.1) is 0 Å². The second-order valence-electron chi connectivity index (χ2n) is 6.17. The highest BCUT2D eigenvalue weighted by Crippen LogP contribution is 2.34. The van der Waals surface area contributed by atoms with Gasteiger partial charge in [-0.2, -0.15) is 0 Å². The molecule has 1 aromatic carbocycles. The lowest BCUT2D eigenvalue weighted by Gasteiger charge is -2.23. The number of hydrogen-bond acceptors (Lipinski definition) is 5. The Labute approximate surface area is 140 Å². The smallest absolute Gasteiger partial charge is 0.233 e. The summed E-state index contributed by atoms with van der Waals surface area (Å²) >= 11 is 0. The summed E-state index contributed by atoms with van der Waals surface area (Å²) in [6.45, 7) is 1.32. The van der Waals surface area contributed by atoms with E-state index in [9.17, 15) is 5.11 Å². The minimum atomic E-state index is -0.323. The molecular formula is C18H20N4O2. The lowest BCUT2D eigenvalue weighted by molar-refractivity contribution is 0.172. The maximum absolute atomic E-state index is 10.2. The van der Waals surface area contributed by atoms with Crippen molar-refractivity contribution in [3.05, 3.63) is 60.2 Å². The first-order chi connectivity index (χ1) is 11.7. The average molecular weight is 324 g/mol. The molecule has 0 amide bonds. The van der Waals surface area contributed by atoms with Crippen LogP contribution in [0.15, 0.2) is 48.9 Å². The Morgan fingerprint density at radius 3 is 3.08 bits per heavy atom. The van der Waals surface area contributed by atoms with Crippen LogP contribution >= 0.6 is 0 Å². The second-order valence-corrected chi connectivity index (χ2v) is 6.17. The molecule has 2 unspecified atom stereocenters. The molecule has 1 N–H and O–H groups in total. The summed E-state index contributed by atoms with van der Waals surface area (Å²) in [4.78, 5) is 11.1. The average Bonchev–Trinajstić information content (AvgIpc) is 3.17. The van der Waals surface area contributed by atoms with Gasteiger partial charge in [0.2, 0.25) is 5.78 Å². The number of aliphatic hydroxyl groups excluding tert-OH is 1. The third-order valence-electron chi connectivity index (χ3n) is 4.51. The van der Waals surface area contributed by atoms with Crippen LogP contribution in [-0.2, 0) is 6.54 Å². The first kappa shape index (κ1) is 15.1. The lowest BCUT2D eigenvalue weighted by atomic mass is 10.0. The molecule has 0 bridgehead atoms. The number of benzene rings is 1. The van der Waals surface area contributed by atoms with Crippen LogP contribution in [0.1, 0.15) is 23.7 Å². The van der Waals surface area contributed by atoms with Crippen LogP contribution in [0.3, 0.4) is 0 Å². The summed E-state index contributed by atoms with van der Waals surface area (Å²) in [6, 6.07) is 10.1. The molecule has 1 saturated heterocycles. The zero-order chi connectivity index (χ0) is 16.5. The van der Waals surface area contributed by atoms with Crippen molar-refractivity contribution in [2.24, 2.45) is 0 Å². The highest BCUT2D eigenvalue weighted by molar-refractivity contribution is 5.32. The Kier molecular flexibility index (Phi) is 3.92. The Bertz CT molecular complexity index is 815. The fourth-order valence-electron chi connectivity index (χ4n) is 3.41. The van der Waals surface area contributed by atoms with E-state index in [1.54, 1.807) is 13.3 Å². The SMILES string of the molecule is COc1cccc(C2CC(O)CN2Cc2cn3cccnc3n2)c1. The predicted octanol–water partition coefficient (Wildman–Crippen LogP) is 2.05. The summed E-state index contributed by atoms with van der Waals surface area (Å²) in [5.74, 6) is 1.54. The van der Waals surface area contributed by atoms with Gasteiger partial charge in [-0.3, -0.25) is 9.30 Å². The summed E-state index contributed by atoms with van der Waals surface area (Å²) in [5.41, 5.74) is 2.11. The van der Waals surface area contributed by atoms with Crippen molar-refractivity contribution >= 4 is 5.78 Å². The maximum Gasteiger partial charge on any atom is 0.233 e. The topological polar surface area (TPSA) is 62.9 Å². The number of β-amino-alcohol motifs (C(OH)–C–C–N with tert-alkyl or cyclic N) is 1. The number of hydrogen-bond donors (Lipinski definition) is 1. The molecule has 6 nitrogen and oxygen atoms in total. The minimum absolute atomic E-state index is 0.160. The van der Waals surface area contributed by atoms with Crippen molar-refractivity contribution < 1.29 is 9.84 Å². The highest BCUT2D eigenvalue weighted by Gasteiger charge is 2.32. The second kappa shape index (κ2) is 6.22. The van der Waals surface area contributed by atoms with E-state index in [2.05, 4.69) is 20.9 Å². The van der Waals surface area contributed by atoms with Gasteiger partial charge in [-0.25, -0.2) is 9.97 Å². The lowest BCUT2D eigenvalue weighted by Crippen LogP contribution is -2.24. The number of methoxy groups -OCH3 is 1.